The monoisotopic (exact) mass is 375 g/mol. The fourth-order valence-corrected chi connectivity index (χ4v) is 2.73. The van der Waals surface area contributed by atoms with Gasteiger partial charge >= 0.3 is 0 Å². The fourth-order valence-electron chi connectivity index (χ4n) is 2.73. The lowest BCUT2D eigenvalue weighted by molar-refractivity contribution is -0.114. The summed E-state index contributed by atoms with van der Waals surface area (Å²) in [6.07, 6.45) is 0. The number of carbonyl (C=O) groups excluding carboxylic acids is 2. The second-order valence-corrected chi connectivity index (χ2v) is 6.24. The van der Waals surface area contributed by atoms with Gasteiger partial charge in [0.05, 0.1) is 18.5 Å². The molecular formula is C22H21N3O3. The zero-order valence-electron chi connectivity index (χ0n) is 15.7. The van der Waals surface area contributed by atoms with Gasteiger partial charge in [-0.15, -0.1) is 0 Å². The van der Waals surface area contributed by atoms with Crippen LogP contribution in [0, 0.1) is 0 Å². The number of ether oxygens (including phenoxy) is 1. The van der Waals surface area contributed by atoms with E-state index in [1.807, 2.05) is 36.4 Å². The first-order valence-electron chi connectivity index (χ1n) is 8.69. The van der Waals surface area contributed by atoms with Crippen LogP contribution in [0.2, 0.25) is 0 Å². The van der Waals surface area contributed by atoms with Crippen LogP contribution >= 0.6 is 0 Å². The summed E-state index contributed by atoms with van der Waals surface area (Å²) >= 11 is 0. The number of nitrogen functional groups attached to an aromatic ring is 1. The summed E-state index contributed by atoms with van der Waals surface area (Å²) < 4.78 is 5.11. The Morgan fingerprint density at radius 3 is 2.11 bits per heavy atom. The lowest BCUT2D eigenvalue weighted by Gasteiger charge is -2.11. The highest BCUT2D eigenvalue weighted by Gasteiger charge is 2.10. The highest BCUT2D eigenvalue weighted by molar-refractivity contribution is 6.06. The van der Waals surface area contributed by atoms with E-state index >= 15 is 0 Å². The van der Waals surface area contributed by atoms with Crippen molar-refractivity contribution in [2.75, 3.05) is 23.5 Å². The van der Waals surface area contributed by atoms with Crippen LogP contribution in [0.4, 0.5) is 17.1 Å². The third-order valence-electron chi connectivity index (χ3n) is 4.19. The molecule has 0 saturated carbocycles. The van der Waals surface area contributed by atoms with E-state index in [2.05, 4.69) is 10.6 Å². The molecule has 0 saturated heterocycles. The van der Waals surface area contributed by atoms with Gasteiger partial charge in [-0.3, -0.25) is 9.59 Å². The number of hydrogen-bond acceptors (Lipinski definition) is 4. The topological polar surface area (TPSA) is 93.5 Å². The highest BCUT2D eigenvalue weighted by atomic mass is 16.5. The minimum Gasteiger partial charge on any atom is -0.497 e. The van der Waals surface area contributed by atoms with E-state index < -0.39 is 0 Å². The fraction of sp³-hybridized carbons (Fsp3) is 0.0909. The molecule has 6 nitrogen and oxygen atoms in total. The summed E-state index contributed by atoms with van der Waals surface area (Å²) in [5.41, 5.74) is 10.1. The van der Waals surface area contributed by atoms with Crippen molar-refractivity contribution in [1.29, 1.82) is 0 Å². The van der Waals surface area contributed by atoms with Crippen molar-refractivity contribution in [2.24, 2.45) is 0 Å². The average Bonchev–Trinajstić information content (AvgIpc) is 2.70. The Morgan fingerprint density at radius 1 is 0.857 bits per heavy atom. The van der Waals surface area contributed by atoms with Gasteiger partial charge in [0.15, 0.2) is 0 Å². The Kier molecular flexibility index (Phi) is 5.60. The van der Waals surface area contributed by atoms with E-state index in [0.717, 1.165) is 16.8 Å². The third-order valence-corrected chi connectivity index (χ3v) is 4.19. The van der Waals surface area contributed by atoms with Crippen molar-refractivity contribution in [2.45, 2.75) is 6.92 Å². The number of carbonyl (C=O) groups is 2. The summed E-state index contributed by atoms with van der Waals surface area (Å²) in [5, 5.41) is 5.58. The van der Waals surface area contributed by atoms with Crippen molar-refractivity contribution in [1.82, 2.24) is 0 Å². The molecule has 0 fully saturated rings. The average molecular weight is 375 g/mol. The molecule has 0 heterocycles. The number of methoxy groups -OCH3 is 1. The van der Waals surface area contributed by atoms with Crippen LogP contribution in [0.5, 0.6) is 5.75 Å². The molecule has 6 heteroatoms. The van der Waals surface area contributed by atoms with Gasteiger partial charge in [-0.1, -0.05) is 18.2 Å². The van der Waals surface area contributed by atoms with Gasteiger partial charge in [-0.05, 0) is 59.7 Å². The Labute approximate surface area is 163 Å². The molecule has 4 N–H and O–H groups in total. The summed E-state index contributed by atoms with van der Waals surface area (Å²) in [6.45, 7) is 1.46. The van der Waals surface area contributed by atoms with E-state index in [4.69, 9.17) is 10.5 Å². The molecule has 2 amide bonds. The van der Waals surface area contributed by atoms with Crippen molar-refractivity contribution < 1.29 is 14.3 Å². The predicted octanol–water partition coefficient (Wildman–Crippen LogP) is 4.16. The van der Waals surface area contributed by atoms with E-state index in [1.54, 1.807) is 37.4 Å². The molecule has 142 valence electrons. The van der Waals surface area contributed by atoms with Crippen LogP contribution in [0.15, 0.2) is 66.7 Å². The second kappa shape index (κ2) is 8.26. The first-order valence-corrected chi connectivity index (χ1v) is 8.69. The van der Waals surface area contributed by atoms with E-state index in [-0.39, 0.29) is 11.8 Å². The summed E-state index contributed by atoms with van der Waals surface area (Å²) in [4.78, 5) is 23.6. The number of amides is 2. The minimum absolute atomic E-state index is 0.122. The number of nitrogens with two attached hydrogens (primary N) is 1. The first kappa shape index (κ1) is 19.0. The first-order chi connectivity index (χ1) is 13.5. The Hall–Kier alpha value is -3.80. The summed E-state index contributed by atoms with van der Waals surface area (Å²) in [5.74, 6) is 0.303. The third kappa shape index (κ3) is 4.48. The number of hydrogen-bond donors (Lipinski definition) is 3. The van der Waals surface area contributed by atoms with Gasteiger partial charge in [-0.2, -0.15) is 0 Å². The maximum absolute atomic E-state index is 12.5. The zero-order chi connectivity index (χ0) is 20.1. The molecule has 0 aliphatic carbocycles. The maximum atomic E-state index is 12.5. The largest absolute Gasteiger partial charge is 0.497 e. The number of anilines is 3. The van der Waals surface area contributed by atoms with Crippen LogP contribution in [0.25, 0.3) is 11.1 Å². The number of nitrogens with one attached hydrogen (secondary N) is 2. The lowest BCUT2D eigenvalue weighted by Crippen LogP contribution is -2.13. The van der Waals surface area contributed by atoms with Gasteiger partial charge in [0.2, 0.25) is 5.91 Å². The van der Waals surface area contributed by atoms with Gasteiger partial charge in [0.1, 0.15) is 5.75 Å². The molecule has 0 atom stereocenters. The maximum Gasteiger partial charge on any atom is 0.255 e. The summed E-state index contributed by atoms with van der Waals surface area (Å²) in [7, 11) is 1.57. The molecule has 0 radical (unpaired) electrons. The van der Waals surface area contributed by atoms with Gasteiger partial charge in [0.25, 0.3) is 5.91 Å². The molecule has 0 aliphatic heterocycles. The number of rotatable bonds is 5. The SMILES string of the molecule is COc1ccc(C(=O)Nc2cc(-c3ccc(NC(C)=O)cc3)ccc2N)cc1. The van der Waals surface area contributed by atoms with Crippen molar-refractivity contribution in [3.63, 3.8) is 0 Å². The van der Waals surface area contributed by atoms with Gasteiger partial charge < -0.3 is 21.1 Å². The lowest BCUT2D eigenvalue weighted by atomic mass is 10.0. The molecule has 28 heavy (non-hydrogen) atoms. The second-order valence-electron chi connectivity index (χ2n) is 6.24. The van der Waals surface area contributed by atoms with Gasteiger partial charge in [-0.25, -0.2) is 0 Å². The molecule has 3 rings (SSSR count). The van der Waals surface area contributed by atoms with Crippen molar-refractivity contribution in [3.8, 4) is 16.9 Å². The van der Waals surface area contributed by atoms with E-state index in [9.17, 15) is 9.59 Å². The highest BCUT2D eigenvalue weighted by Crippen LogP contribution is 2.28. The molecule has 0 bridgehead atoms. The normalized spacial score (nSPS) is 10.2. The quantitative estimate of drug-likeness (QED) is 0.584. The molecule has 3 aromatic rings. The van der Waals surface area contributed by atoms with Crippen LogP contribution in [0.3, 0.4) is 0 Å². The Bertz CT molecular complexity index is 997. The number of benzene rings is 3. The zero-order valence-corrected chi connectivity index (χ0v) is 15.7. The van der Waals surface area contributed by atoms with Crippen LogP contribution in [-0.4, -0.2) is 18.9 Å². The molecule has 0 aromatic heterocycles. The molecule has 0 aliphatic rings. The van der Waals surface area contributed by atoms with Crippen molar-refractivity contribution >= 4 is 28.9 Å². The Morgan fingerprint density at radius 2 is 1.50 bits per heavy atom. The van der Waals surface area contributed by atoms with Crippen LogP contribution < -0.4 is 21.1 Å². The Balaban J connectivity index is 1.80. The van der Waals surface area contributed by atoms with E-state index in [0.29, 0.717) is 22.7 Å². The molecular weight excluding hydrogens is 354 g/mol. The van der Waals surface area contributed by atoms with E-state index in [1.165, 1.54) is 6.92 Å². The van der Waals surface area contributed by atoms with Crippen LogP contribution in [0.1, 0.15) is 17.3 Å². The molecule has 0 spiro atoms. The van der Waals surface area contributed by atoms with Crippen molar-refractivity contribution in [3.05, 3.63) is 72.3 Å². The molecule has 3 aromatic carbocycles. The van der Waals surface area contributed by atoms with Crippen LogP contribution in [-0.2, 0) is 4.79 Å². The molecule has 0 unspecified atom stereocenters. The van der Waals surface area contributed by atoms with Gasteiger partial charge in [0, 0.05) is 18.2 Å². The predicted molar refractivity (Wildman–Crippen MR) is 112 cm³/mol. The standard InChI is InChI=1S/C22H21N3O3/c1-14(26)24-18-8-3-15(4-9-18)17-7-12-20(23)21(13-17)25-22(27)16-5-10-19(28-2)11-6-16/h3-13H,23H2,1-2H3,(H,24,26)(H,25,27). The smallest absolute Gasteiger partial charge is 0.255 e. The summed E-state index contributed by atoms with van der Waals surface area (Å²) in [6, 6.07) is 19.7. The minimum atomic E-state index is -0.257.